The monoisotopic (exact) mass is 266 g/mol. The number of amides is 2. The molecule has 0 unspecified atom stereocenters. The van der Waals surface area contributed by atoms with Gasteiger partial charge in [-0.3, -0.25) is 0 Å². The number of urea groups is 1. The molecule has 0 fully saturated rings. The zero-order valence-electron chi connectivity index (χ0n) is 11.8. The van der Waals surface area contributed by atoms with Gasteiger partial charge < -0.3 is 10.2 Å². The van der Waals surface area contributed by atoms with Crippen LogP contribution in [0.25, 0.3) is 0 Å². The van der Waals surface area contributed by atoms with Crippen LogP contribution in [0.3, 0.4) is 0 Å². The van der Waals surface area contributed by atoms with Crippen molar-refractivity contribution in [3.63, 3.8) is 0 Å². The maximum absolute atomic E-state index is 12.8. The van der Waals surface area contributed by atoms with E-state index in [9.17, 15) is 9.18 Å². The summed E-state index contributed by atoms with van der Waals surface area (Å²) in [5.74, 6) is -0.228. The van der Waals surface area contributed by atoms with Crippen molar-refractivity contribution in [3.05, 3.63) is 35.6 Å². The minimum Gasteiger partial charge on any atom is -0.338 e. The van der Waals surface area contributed by atoms with Gasteiger partial charge in [0, 0.05) is 19.6 Å². The third-order valence-corrected chi connectivity index (χ3v) is 3.06. The summed E-state index contributed by atoms with van der Waals surface area (Å²) in [6.07, 6.45) is 2.82. The number of carbonyl (C=O) groups excluding carboxylic acids is 1. The van der Waals surface area contributed by atoms with Crippen LogP contribution in [-0.4, -0.2) is 30.6 Å². The van der Waals surface area contributed by atoms with Crippen LogP contribution in [0, 0.1) is 5.82 Å². The molecule has 0 aliphatic carbocycles. The number of nitrogens with one attached hydrogen (secondary N) is 1. The van der Waals surface area contributed by atoms with Crippen LogP contribution >= 0.6 is 0 Å². The summed E-state index contributed by atoms with van der Waals surface area (Å²) in [5.41, 5.74) is 1.04. The van der Waals surface area contributed by atoms with E-state index in [1.807, 2.05) is 6.92 Å². The van der Waals surface area contributed by atoms with E-state index in [2.05, 4.69) is 12.2 Å². The Morgan fingerprint density at radius 3 is 2.53 bits per heavy atom. The first-order valence-electron chi connectivity index (χ1n) is 6.94. The predicted molar refractivity (Wildman–Crippen MR) is 75.7 cm³/mol. The lowest BCUT2D eigenvalue weighted by molar-refractivity contribution is 0.201. The summed E-state index contributed by atoms with van der Waals surface area (Å²) >= 11 is 0. The van der Waals surface area contributed by atoms with Crippen molar-refractivity contribution in [2.45, 2.75) is 33.1 Å². The highest BCUT2D eigenvalue weighted by Crippen LogP contribution is 2.04. The lowest BCUT2D eigenvalue weighted by atomic mass is 10.1. The van der Waals surface area contributed by atoms with Gasteiger partial charge in [0.05, 0.1) is 0 Å². The van der Waals surface area contributed by atoms with Crippen LogP contribution in [0.4, 0.5) is 9.18 Å². The predicted octanol–water partition coefficient (Wildman–Crippen LogP) is 3.20. The SMILES string of the molecule is CCCCNC(=O)N(CC)CCc1ccc(F)cc1. The first-order chi connectivity index (χ1) is 9.17. The molecule has 1 rings (SSSR count). The van der Waals surface area contributed by atoms with E-state index in [1.165, 1.54) is 12.1 Å². The van der Waals surface area contributed by atoms with Crippen molar-refractivity contribution in [3.8, 4) is 0 Å². The second-order valence-electron chi connectivity index (χ2n) is 4.54. The quantitative estimate of drug-likeness (QED) is 0.755. The first-order valence-corrected chi connectivity index (χ1v) is 6.94. The van der Waals surface area contributed by atoms with Gasteiger partial charge >= 0.3 is 6.03 Å². The van der Waals surface area contributed by atoms with Gasteiger partial charge in [-0.25, -0.2) is 9.18 Å². The molecule has 1 aromatic carbocycles. The largest absolute Gasteiger partial charge is 0.338 e. The molecule has 4 heteroatoms. The Morgan fingerprint density at radius 2 is 1.95 bits per heavy atom. The molecule has 0 saturated carbocycles. The summed E-state index contributed by atoms with van der Waals surface area (Å²) in [5, 5.41) is 2.91. The molecular formula is C15H23FN2O. The molecule has 0 bridgehead atoms. The Hall–Kier alpha value is -1.58. The number of hydrogen-bond acceptors (Lipinski definition) is 1. The normalized spacial score (nSPS) is 10.3. The zero-order chi connectivity index (χ0) is 14.1. The van der Waals surface area contributed by atoms with E-state index in [-0.39, 0.29) is 11.8 Å². The Bertz CT molecular complexity index is 378. The molecule has 2 amide bonds. The van der Waals surface area contributed by atoms with Crippen molar-refractivity contribution in [1.29, 1.82) is 0 Å². The molecule has 0 radical (unpaired) electrons. The van der Waals surface area contributed by atoms with Crippen molar-refractivity contribution < 1.29 is 9.18 Å². The Balaban J connectivity index is 2.39. The number of carbonyl (C=O) groups is 1. The lowest BCUT2D eigenvalue weighted by Crippen LogP contribution is -2.41. The molecule has 0 heterocycles. The lowest BCUT2D eigenvalue weighted by Gasteiger charge is -2.21. The number of unbranched alkanes of at least 4 members (excludes halogenated alkanes) is 1. The maximum atomic E-state index is 12.8. The standard InChI is InChI=1S/C15H23FN2O/c1-3-5-11-17-15(19)18(4-2)12-10-13-6-8-14(16)9-7-13/h6-9H,3-5,10-12H2,1-2H3,(H,17,19). The van der Waals surface area contributed by atoms with Crippen molar-refractivity contribution in [1.82, 2.24) is 10.2 Å². The van der Waals surface area contributed by atoms with E-state index in [1.54, 1.807) is 17.0 Å². The third kappa shape index (κ3) is 5.73. The number of nitrogens with zero attached hydrogens (tertiary/aromatic N) is 1. The number of rotatable bonds is 7. The molecule has 0 atom stereocenters. The Kier molecular flexibility index (Phi) is 6.93. The smallest absolute Gasteiger partial charge is 0.317 e. The van der Waals surface area contributed by atoms with Crippen molar-refractivity contribution in [2.24, 2.45) is 0 Å². The van der Waals surface area contributed by atoms with Crippen molar-refractivity contribution in [2.75, 3.05) is 19.6 Å². The van der Waals surface area contributed by atoms with E-state index >= 15 is 0 Å². The second-order valence-corrected chi connectivity index (χ2v) is 4.54. The van der Waals surface area contributed by atoms with Crippen LogP contribution in [0.15, 0.2) is 24.3 Å². The van der Waals surface area contributed by atoms with Crippen LogP contribution in [0.5, 0.6) is 0 Å². The van der Waals surface area contributed by atoms with Crippen LogP contribution in [0.2, 0.25) is 0 Å². The van der Waals surface area contributed by atoms with Gasteiger partial charge in [-0.1, -0.05) is 25.5 Å². The summed E-state index contributed by atoms with van der Waals surface area (Å²) < 4.78 is 12.8. The van der Waals surface area contributed by atoms with Gasteiger partial charge in [0.2, 0.25) is 0 Å². The van der Waals surface area contributed by atoms with Crippen molar-refractivity contribution >= 4 is 6.03 Å². The number of hydrogen-bond donors (Lipinski definition) is 1. The van der Waals surface area contributed by atoms with E-state index in [4.69, 9.17) is 0 Å². The molecule has 3 nitrogen and oxygen atoms in total. The topological polar surface area (TPSA) is 32.3 Å². The summed E-state index contributed by atoms with van der Waals surface area (Å²) in [6.45, 7) is 6.12. The van der Waals surface area contributed by atoms with Gasteiger partial charge in [-0.05, 0) is 37.5 Å². The summed E-state index contributed by atoms with van der Waals surface area (Å²) in [4.78, 5) is 13.7. The number of halogens is 1. The van der Waals surface area contributed by atoms with E-state index < -0.39 is 0 Å². The highest BCUT2D eigenvalue weighted by atomic mass is 19.1. The molecule has 0 spiro atoms. The minimum absolute atomic E-state index is 0.0157. The highest BCUT2D eigenvalue weighted by molar-refractivity contribution is 5.74. The van der Waals surface area contributed by atoms with Crippen LogP contribution in [0.1, 0.15) is 32.3 Å². The first kappa shape index (κ1) is 15.5. The highest BCUT2D eigenvalue weighted by Gasteiger charge is 2.10. The van der Waals surface area contributed by atoms with E-state index in [0.29, 0.717) is 13.1 Å². The molecule has 0 aromatic heterocycles. The zero-order valence-corrected chi connectivity index (χ0v) is 11.8. The fourth-order valence-electron chi connectivity index (χ4n) is 1.80. The van der Waals surface area contributed by atoms with Gasteiger partial charge in [0.25, 0.3) is 0 Å². The van der Waals surface area contributed by atoms with Gasteiger partial charge in [0.1, 0.15) is 5.82 Å². The molecule has 106 valence electrons. The number of likely N-dealkylation sites (N-methyl/N-ethyl adjacent to an activating group) is 1. The van der Waals surface area contributed by atoms with Crippen LogP contribution in [-0.2, 0) is 6.42 Å². The van der Waals surface area contributed by atoms with E-state index in [0.717, 1.165) is 31.4 Å². The van der Waals surface area contributed by atoms with Gasteiger partial charge in [-0.15, -0.1) is 0 Å². The Morgan fingerprint density at radius 1 is 1.26 bits per heavy atom. The van der Waals surface area contributed by atoms with Gasteiger partial charge in [-0.2, -0.15) is 0 Å². The maximum Gasteiger partial charge on any atom is 0.317 e. The average molecular weight is 266 g/mol. The average Bonchev–Trinajstić information content (AvgIpc) is 2.42. The third-order valence-electron chi connectivity index (χ3n) is 3.06. The fourth-order valence-corrected chi connectivity index (χ4v) is 1.80. The molecule has 19 heavy (non-hydrogen) atoms. The fraction of sp³-hybridized carbons (Fsp3) is 0.533. The minimum atomic E-state index is -0.228. The molecule has 0 saturated heterocycles. The summed E-state index contributed by atoms with van der Waals surface area (Å²) in [7, 11) is 0. The number of benzene rings is 1. The molecule has 1 aromatic rings. The van der Waals surface area contributed by atoms with Gasteiger partial charge in [0.15, 0.2) is 0 Å². The summed E-state index contributed by atoms with van der Waals surface area (Å²) in [6, 6.07) is 6.41. The molecule has 0 aliphatic rings. The molecule has 0 aliphatic heterocycles. The molecule has 1 N–H and O–H groups in total. The molecular weight excluding hydrogens is 243 g/mol. The second kappa shape index (κ2) is 8.51. The Labute approximate surface area is 114 Å². The van der Waals surface area contributed by atoms with Crippen LogP contribution < -0.4 is 5.32 Å².